The summed E-state index contributed by atoms with van der Waals surface area (Å²) in [6.07, 6.45) is 1.62. The quantitative estimate of drug-likeness (QED) is 0.210. The Morgan fingerprint density at radius 2 is 1.97 bits per heavy atom. The number of nitrogens with one attached hydrogen (secondary N) is 1. The van der Waals surface area contributed by atoms with Gasteiger partial charge in [-0.15, -0.1) is 16.9 Å². The Bertz CT molecular complexity index is 1270. The topological polar surface area (TPSA) is 146 Å². The molecule has 4 aromatic rings. The number of hydrogen-bond donors (Lipinski definition) is 2. The average Bonchev–Trinajstić information content (AvgIpc) is 3.44. The van der Waals surface area contributed by atoms with E-state index < -0.39 is 5.91 Å². The van der Waals surface area contributed by atoms with Crippen molar-refractivity contribution in [3.8, 4) is 11.6 Å². The maximum atomic E-state index is 12.8. The van der Waals surface area contributed by atoms with Crippen LogP contribution in [0.2, 0.25) is 0 Å². The summed E-state index contributed by atoms with van der Waals surface area (Å²) < 4.78 is 11.6. The van der Waals surface area contributed by atoms with Crippen molar-refractivity contribution in [3.63, 3.8) is 0 Å². The summed E-state index contributed by atoms with van der Waals surface area (Å²) >= 11 is 1.50. The van der Waals surface area contributed by atoms with Crippen molar-refractivity contribution in [3.05, 3.63) is 71.5 Å². The average molecular weight is 479 g/mol. The van der Waals surface area contributed by atoms with E-state index in [0.717, 1.165) is 16.2 Å². The first-order valence-electron chi connectivity index (χ1n) is 10.3. The number of nitrogen functional groups attached to an aromatic ring is 1. The SMILES string of the molecule is CC(C)Oc1ccc(/C=N\NC(=O)c2nnn(-c3nonc3N)c2CSc2ccccc2)cc1. The van der Waals surface area contributed by atoms with Gasteiger partial charge in [-0.1, -0.05) is 23.4 Å². The van der Waals surface area contributed by atoms with Gasteiger partial charge < -0.3 is 10.5 Å². The second-order valence-electron chi connectivity index (χ2n) is 7.31. The summed E-state index contributed by atoms with van der Waals surface area (Å²) in [4.78, 5) is 13.9. The Morgan fingerprint density at radius 3 is 2.65 bits per heavy atom. The highest BCUT2D eigenvalue weighted by molar-refractivity contribution is 7.98. The summed E-state index contributed by atoms with van der Waals surface area (Å²) in [7, 11) is 0. The number of amides is 1. The van der Waals surface area contributed by atoms with Crippen molar-refractivity contribution in [2.75, 3.05) is 5.73 Å². The van der Waals surface area contributed by atoms with Crippen LogP contribution in [-0.4, -0.2) is 43.5 Å². The number of ether oxygens (including phenoxy) is 1. The van der Waals surface area contributed by atoms with Gasteiger partial charge in [0.1, 0.15) is 5.75 Å². The van der Waals surface area contributed by atoms with Gasteiger partial charge in [-0.2, -0.15) is 9.78 Å². The van der Waals surface area contributed by atoms with Crippen molar-refractivity contribution in [1.82, 2.24) is 30.7 Å². The molecule has 0 aliphatic rings. The largest absolute Gasteiger partial charge is 0.491 e. The van der Waals surface area contributed by atoms with Gasteiger partial charge in [0.05, 0.1) is 18.0 Å². The molecule has 4 rings (SSSR count). The second-order valence-corrected chi connectivity index (χ2v) is 8.35. The summed E-state index contributed by atoms with van der Waals surface area (Å²) in [5.74, 6) is 0.789. The molecule has 0 saturated heterocycles. The van der Waals surface area contributed by atoms with E-state index in [-0.39, 0.29) is 23.4 Å². The van der Waals surface area contributed by atoms with Gasteiger partial charge in [0.2, 0.25) is 11.6 Å². The molecular weight excluding hydrogens is 456 g/mol. The number of thioether (sulfide) groups is 1. The number of anilines is 1. The number of benzene rings is 2. The van der Waals surface area contributed by atoms with E-state index in [0.29, 0.717) is 11.4 Å². The molecule has 0 aliphatic heterocycles. The van der Waals surface area contributed by atoms with E-state index in [1.807, 2.05) is 68.4 Å². The zero-order valence-corrected chi connectivity index (χ0v) is 19.3. The highest BCUT2D eigenvalue weighted by Crippen LogP contribution is 2.25. The van der Waals surface area contributed by atoms with Gasteiger partial charge in [-0.05, 0) is 66.1 Å². The van der Waals surface area contributed by atoms with Gasteiger partial charge in [-0.25, -0.2) is 10.1 Å². The lowest BCUT2D eigenvalue weighted by molar-refractivity contribution is 0.0949. The van der Waals surface area contributed by atoms with Crippen LogP contribution >= 0.6 is 11.8 Å². The van der Waals surface area contributed by atoms with Gasteiger partial charge in [0.25, 0.3) is 5.91 Å². The van der Waals surface area contributed by atoms with E-state index in [1.54, 1.807) is 0 Å². The van der Waals surface area contributed by atoms with Crippen molar-refractivity contribution < 1.29 is 14.2 Å². The number of nitrogens with two attached hydrogens (primary N) is 1. The lowest BCUT2D eigenvalue weighted by Crippen LogP contribution is -2.20. The molecule has 0 radical (unpaired) electrons. The predicted molar refractivity (Wildman–Crippen MR) is 127 cm³/mol. The maximum Gasteiger partial charge on any atom is 0.293 e. The molecule has 2 aromatic heterocycles. The third-order valence-electron chi connectivity index (χ3n) is 4.42. The fourth-order valence-corrected chi connectivity index (χ4v) is 3.82. The number of hydrazone groups is 1. The number of nitrogens with zero attached hydrogens (tertiary/aromatic N) is 6. The van der Waals surface area contributed by atoms with Crippen LogP contribution in [0, 0.1) is 0 Å². The lowest BCUT2D eigenvalue weighted by atomic mass is 10.2. The summed E-state index contributed by atoms with van der Waals surface area (Å²) in [5.41, 5.74) is 9.66. The van der Waals surface area contributed by atoms with E-state index in [4.69, 9.17) is 10.5 Å². The fourth-order valence-electron chi connectivity index (χ4n) is 2.91. The standard InChI is InChI=1S/C22H22N8O3S/c1-14(2)32-16-10-8-15(9-11-16)12-24-26-22(31)19-18(13-34-17-6-4-3-5-7-17)30(29-25-19)21-20(23)27-33-28-21/h3-12,14H,13H2,1-2H3,(H2,23,27)(H,26,31)/b24-12-. The third kappa shape index (κ3) is 5.59. The van der Waals surface area contributed by atoms with Gasteiger partial charge in [-0.3, -0.25) is 4.79 Å². The van der Waals surface area contributed by atoms with Gasteiger partial charge in [0, 0.05) is 10.6 Å². The Morgan fingerprint density at radius 1 is 1.21 bits per heavy atom. The van der Waals surface area contributed by atoms with Gasteiger partial charge in [0.15, 0.2) is 5.69 Å². The number of carbonyl (C=O) groups is 1. The first-order valence-corrected chi connectivity index (χ1v) is 11.3. The zero-order valence-electron chi connectivity index (χ0n) is 18.5. The van der Waals surface area contributed by atoms with Crippen LogP contribution in [0.1, 0.15) is 35.6 Å². The minimum absolute atomic E-state index is 0.0331. The predicted octanol–water partition coefficient (Wildman–Crippen LogP) is 3.08. The summed E-state index contributed by atoms with van der Waals surface area (Å²) in [6.45, 7) is 3.92. The Labute approximate surface area is 199 Å². The molecule has 0 saturated carbocycles. The van der Waals surface area contributed by atoms with E-state index >= 15 is 0 Å². The van der Waals surface area contributed by atoms with E-state index in [2.05, 4.69) is 35.8 Å². The molecule has 34 heavy (non-hydrogen) atoms. The Balaban J connectivity index is 1.50. The Kier molecular flexibility index (Phi) is 7.18. The molecule has 2 heterocycles. The molecule has 0 atom stereocenters. The molecule has 0 unspecified atom stereocenters. The van der Waals surface area contributed by atoms with Crippen LogP contribution in [-0.2, 0) is 5.75 Å². The summed E-state index contributed by atoms with van der Waals surface area (Å²) in [6, 6.07) is 17.1. The van der Waals surface area contributed by atoms with Crippen LogP contribution in [0.4, 0.5) is 5.82 Å². The molecule has 0 fully saturated rings. The van der Waals surface area contributed by atoms with E-state index in [1.165, 1.54) is 22.7 Å². The first-order chi connectivity index (χ1) is 16.5. The summed E-state index contributed by atoms with van der Waals surface area (Å²) in [5, 5.41) is 19.4. The minimum atomic E-state index is -0.527. The highest BCUT2D eigenvalue weighted by Gasteiger charge is 2.24. The zero-order chi connectivity index (χ0) is 23.9. The molecule has 0 bridgehead atoms. The molecule has 12 heteroatoms. The van der Waals surface area contributed by atoms with Crippen LogP contribution in [0.15, 0.2) is 69.2 Å². The molecule has 2 aromatic carbocycles. The van der Waals surface area contributed by atoms with Crippen molar-refractivity contribution in [2.24, 2.45) is 5.10 Å². The highest BCUT2D eigenvalue weighted by atomic mass is 32.2. The molecule has 1 amide bonds. The molecule has 11 nitrogen and oxygen atoms in total. The number of rotatable bonds is 9. The van der Waals surface area contributed by atoms with Crippen molar-refractivity contribution >= 4 is 29.7 Å². The van der Waals surface area contributed by atoms with Crippen molar-refractivity contribution in [2.45, 2.75) is 30.6 Å². The molecule has 174 valence electrons. The van der Waals surface area contributed by atoms with Gasteiger partial charge >= 0.3 is 0 Å². The molecular formula is C22H22N8O3S. The maximum absolute atomic E-state index is 12.8. The minimum Gasteiger partial charge on any atom is -0.491 e. The lowest BCUT2D eigenvalue weighted by Gasteiger charge is -2.09. The first kappa shape index (κ1) is 23.0. The molecule has 0 aliphatic carbocycles. The number of aromatic nitrogens is 5. The smallest absolute Gasteiger partial charge is 0.293 e. The van der Waals surface area contributed by atoms with Crippen LogP contribution in [0.25, 0.3) is 5.82 Å². The normalized spacial score (nSPS) is 11.3. The Hall–Kier alpha value is -4.19. The second kappa shape index (κ2) is 10.6. The fraction of sp³-hybridized carbons (Fsp3) is 0.182. The van der Waals surface area contributed by atoms with E-state index in [9.17, 15) is 4.79 Å². The monoisotopic (exact) mass is 478 g/mol. The van der Waals surface area contributed by atoms with Crippen LogP contribution < -0.4 is 15.9 Å². The molecule has 3 N–H and O–H groups in total. The van der Waals surface area contributed by atoms with Crippen molar-refractivity contribution in [1.29, 1.82) is 0 Å². The number of carbonyl (C=O) groups excluding carboxylic acids is 1. The van der Waals surface area contributed by atoms with Crippen LogP contribution in [0.3, 0.4) is 0 Å². The molecule has 0 spiro atoms. The van der Waals surface area contributed by atoms with Crippen LogP contribution in [0.5, 0.6) is 5.75 Å². The third-order valence-corrected chi connectivity index (χ3v) is 5.45. The number of hydrogen-bond acceptors (Lipinski definition) is 10.